The largest absolute Gasteiger partial charge is 0.479 e. The minimum atomic E-state index is -0.235. The van der Waals surface area contributed by atoms with E-state index >= 15 is 0 Å². The summed E-state index contributed by atoms with van der Waals surface area (Å²) in [4.78, 5) is 16.3. The SMILES string of the molecule is COc1nn(C)cc1C(=O)N1CCN(c2ccccc2F)CC1. The number of aromatic nitrogens is 2. The first-order valence-corrected chi connectivity index (χ1v) is 7.46. The van der Waals surface area contributed by atoms with Gasteiger partial charge in [-0.15, -0.1) is 5.10 Å². The topological polar surface area (TPSA) is 50.6 Å². The van der Waals surface area contributed by atoms with Crippen LogP contribution in [-0.4, -0.2) is 53.9 Å². The highest BCUT2D eigenvalue weighted by molar-refractivity contribution is 5.96. The van der Waals surface area contributed by atoms with Crippen molar-refractivity contribution in [3.8, 4) is 5.88 Å². The minimum absolute atomic E-state index is 0.108. The summed E-state index contributed by atoms with van der Waals surface area (Å²) in [5.74, 6) is -0.0154. The first kappa shape index (κ1) is 15.3. The molecule has 6 nitrogen and oxygen atoms in total. The first-order chi connectivity index (χ1) is 11.1. The van der Waals surface area contributed by atoms with Gasteiger partial charge < -0.3 is 14.5 Å². The Morgan fingerprint density at radius 2 is 1.91 bits per heavy atom. The second-order valence-electron chi connectivity index (χ2n) is 5.46. The van der Waals surface area contributed by atoms with Crippen LogP contribution >= 0.6 is 0 Å². The molecule has 3 rings (SSSR count). The van der Waals surface area contributed by atoms with Gasteiger partial charge in [0.1, 0.15) is 11.4 Å². The Bertz CT molecular complexity index is 708. The maximum atomic E-state index is 13.8. The number of hydrogen-bond acceptors (Lipinski definition) is 4. The predicted octanol–water partition coefficient (Wildman–Crippen LogP) is 1.53. The van der Waals surface area contributed by atoms with Crippen molar-refractivity contribution in [2.75, 3.05) is 38.2 Å². The van der Waals surface area contributed by atoms with E-state index in [1.54, 1.807) is 35.0 Å². The second-order valence-corrected chi connectivity index (χ2v) is 5.46. The van der Waals surface area contributed by atoms with E-state index < -0.39 is 0 Å². The number of piperazine rings is 1. The van der Waals surface area contributed by atoms with Crippen molar-refractivity contribution in [3.63, 3.8) is 0 Å². The smallest absolute Gasteiger partial charge is 0.261 e. The Balaban J connectivity index is 1.69. The van der Waals surface area contributed by atoms with Crippen LogP contribution in [-0.2, 0) is 7.05 Å². The highest BCUT2D eigenvalue weighted by Crippen LogP contribution is 2.22. The van der Waals surface area contributed by atoms with Crippen molar-refractivity contribution in [1.29, 1.82) is 0 Å². The molecular weight excluding hydrogens is 299 g/mol. The maximum Gasteiger partial charge on any atom is 0.261 e. The van der Waals surface area contributed by atoms with Crippen LogP contribution in [0.3, 0.4) is 0 Å². The van der Waals surface area contributed by atoms with Crippen LogP contribution in [0.4, 0.5) is 10.1 Å². The summed E-state index contributed by atoms with van der Waals surface area (Å²) in [5, 5.41) is 4.11. The minimum Gasteiger partial charge on any atom is -0.479 e. The quantitative estimate of drug-likeness (QED) is 0.861. The van der Waals surface area contributed by atoms with Gasteiger partial charge in [0.15, 0.2) is 0 Å². The lowest BCUT2D eigenvalue weighted by Crippen LogP contribution is -2.49. The third-order valence-corrected chi connectivity index (χ3v) is 3.98. The van der Waals surface area contributed by atoms with Gasteiger partial charge in [-0.2, -0.15) is 0 Å². The van der Waals surface area contributed by atoms with Gasteiger partial charge in [0.05, 0.1) is 12.8 Å². The molecule has 0 unspecified atom stereocenters. The number of aryl methyl sites for hydroxylation is 1. The van der Waals surface area contributed by atoms with E-state index in [-0.39, 0.29) is 11.7 Å². The second kappa shape index (κ2) is 6.28. The molecule has 122 valence electrons. The lowest BCUT2D eigenvalue weighted by molar-refractivity contribution is 0.0743. The number of hydrogen-bond donors (Lipinski definition) is 0. The number of rotatable bonds is 3. The fourth-order valence-corrected chi connectivity index (χ4v) is 2.79. The van der Waals surface area contributed by atoms with Gasteiger partial charge in [-0.1, -0.05) is 12.1 Å². The summed E-state index contributed by atoms with van der Waals surface area (Å²) in [6.07, 6.45) is 1.66. The summed E-state index contributed by atoms with van der Waals surface area (Å²) < 4.78 is 20.5. The summed E-state index contributed by atoms with van der Waals surface area (Å²) in [6, 6.07) is 6.70. The Kier molecular flexibility index (Phi) is 4.18. The van der Waals surface area contributed by atoms with Gasteiger partial charge in [-0.3, -0.25) is 9.48 Å². The van der Waals surface area contributed by atoms with Gasteiger partial charge >= 0.3 is 0 Å². The molecule has 0 aliphatic carbocycles. The molecule has 1 aromatic carbocycles. The molecule has 0 atom stereocenters. The highest BCUT2D eigenvalue weighted by atomic mass is 19.1. The lowest BCUT2D eigenvalue weighted by atomic mass is 10.2. The third-order valence-electron chi connectivity index (χ3n) is 3.98. The number of halogens is 1. The Morgan fingerprint density at radius 1 is 1.22 bits per heavy atom. The Morgan fingerprint density at radius 3 is 2.57 bits per heavy atom. The van der Waals surface area contributed by atoms with Crippen LogP contribution in [0.2, 0.25) is 0 Å². The van der Waals surface area contributed by atoms with Crippen molar-refractivity contribution in [3.05, 3.63) is 41.8 Å². The van der Waals surface area contributed by atoms with E-state index in [0.717, 1.165) is 0 Å². The van der Waals surface area contributed by atoms with Gasteiger partial charge in [0.2, 0.25) is 5.88 Å². The summed E-state index contributed by atoms with van der Waals surface area (Å²) in [6.45, 7) is 2.25. The number of anilines is 1. The molecular formula is C16H19FN4O2. The van der Waals surface area contributed by atoms with Crippen LogP contribution in [0.5, 0.6) is 5.88 Å². The predicted molar refractivity (Wildman–Crippen MR) is 84.3 cm³/mol. The molecule has 0 saturated carbocycles. The molecule has 0 radical (unpaired) electrons. The number of methoxy groups -OCH3 is 1. The molecule has 2 aromatic rings. The molecule has 23 heavy (non-hydrogen) atoms. The van der Waals surface area contributed by atoms with E-state index in [4.69, 9.17) is 4.74 Å². The first-order valence-electron chi connectivity index (χ1n) is 7.46. The standard InChI is InChI=1S/C16H19FN4O2/c1-19-11-12(15(18-19)23-2)16(22)21-9-7-20(8-10-21)14-6-4-3-5-13(14)17/h3-6,11H,7-10H2,1-2H3. The van der Waals surface area contributed by atoms with Gasteiger partial charge in [0, 0.05) is 39.4 Å². The van der Waals surface area contributed by atoms with E-state index in [1.807, 2.05) is 11.0 Å². The third kappa shape index (κ3) is 2.99. The fourth-order valence-electron chi connectivity index (χ4n) is 2.79. The molecule has 1 aromatic heterocycles. The van der Waals surface area contributed by atoms with Gasteiger partial charge in [-0.25, -0.2) is 4.39 Å². The van der Waals surface area contributed by atoms with Crippen LogP contribution in [0, 0.1) is 5.82 Å². The molecule has 7 heteroatoms. The lowest BCUT2D eigenvalue weighted by Gasteiger charge is -2.36. The molecule has 1 saturated heterocycles. The van der Waals surface area contributed by atoms with Crippen LogP contribution < -0.4 is 9.64 Å². The molecule has 1 aliphatic rings. The number of benzene rings is 1. The van der Waals surface area contributed by atoms with Crippen molar-refractivity contribution >= 4 is 11.6 Å². The molecule has 0 N–H and O–H groups in total. The zero-order valence-electron chi connectivity index (χ0n) is 13.2. The average molecular weight is 318 g/mol. The highest BCUT2D eigenvalue weighted by Gasteiger charge is 2.26. The van der Waals surface area contributed by atoms with Crippen molar-refractivity contribution < 1.29 is 13.9 Å². The van der Waals surface area contributed by atoms with Crippen molar-refractivity contribution in [1.82, 2.24) is 14.7 Å². The summed E-state index contributed by atoms with van der Waals surface area (Å²) in [5.41, 5.74) is 1.04. The number of carbonyl (C=O) groups is 1. The van der Waals surface area contributed by atoms with Gasteiger partial charge in [0.25, 0.3) is 5.91 Å². The fraction of sp³-hybridized carbons (Fsp3) is 0.375. The molecule has 0 bridgehead atoms. The van der Waals surface area contributed by atoms with E-state index in [1.165, 1.54) is 13.2 Å². The number of nitrogens with zero attached hydrogens (tertiary/aromatic N) is 4. The van der Waals surface area contributed by atoms with Crippen LogP contribution in [0.25, 0.3) is 0 Å². The van der Waals surface area contributed by atoms with Crippen LogP contribution in [0.1, 0.15) is 10.4 Å². The maximum absolute atomic E-state index is 13.8. The number of para-hydroxylation sites is 1. The molecule has 1 fully saturated rings. The monoisotopic (exact) mass is 318 g/mol. The number of amides is 1. The zero-order chi connectivity index (χ0) is 16.4. The summed E-state index contributed by atoms with van der Waals surface area (Å²) >= 11 is 0. The molecule has 0 spiro atoms. The van der Waals surface area contributed by atoms with E-state index in [2.05, 4.69) is 5.10 Å². The summed E-state index contributed by atoms with van der Waals surface area (Å²) in [7, 11) is 3.24. The number of carbonyl (C=O) groups excluding carboxylic acids is 1. The van der Waals surface area contributed by atoms with Crippen LogP contribution in [0.15, 0.2) is 30.5 Å². The van der Waals surface area contributed by atoms with Crippen molar-refractivity contribution in [2.45, 2.75) is 0 Å². The van der Waals surface area contributed by atoms with E-state index in [9.17, 15) is 9.18 Å². The van der Waals surface area contributed by atoms with Crippen molar-refractivity contribution in [2.24, 2.45) is 7.05 Å². The Labute approximate surface area is 134 Å². The van der Waals surface area contributed by atoms with Gasteiger partial charge in [-0.05, 0) is 12.1 Å². The molecule has 1 aliphatic heterocycles. The van der Waals surface area contributed by atoms with E-state index in [0.29, 0.717) is 43.3 Å². The number of ether oxygens (including phenoxy) is 1. The molecule has 1 amide bonds. The average Bonchev–Trinajstić information content (AvgIpc) is 2.96. The Hall–Kier alpha value is -2.57. The zero-order valence-corrected chi connectivity index (χ0v) is 13.2. The normalized spacial score (nSPS) is 14.9. The molecule has 2 heterocycles.